The lowest BCUT2D eigenvalue weighted by Gasteiger charge is -2.08. The van der Waals surface area contributed by atoms with Gasteiger partial charge in [0.1, 0.15) is 5.03 Å². The number of H-pyrrole nitrogens is 1. The van der Waals surface area contributed by atoms with Crippen LogP contribution in [0.25, 0.3) is 0 Å². The summed E-state index contributed by atoms with van der Waals surface area (Å²) in [7, 11) is 1.59. The smallest absolute Gasteiger partial charge is 0.343 e. The Morgan fingerprint density at radius 3 is 2.95 bits per heavy atom. The summed E-state index contributed by atoms with van der Waals surface area (Å²) < 4.78 is 1.35. The van der Waals surface area contributed by atoms with Crippen LogP contribution in [0.5, 0.6) is 0 Å². The van der Waals surface area contributed by atoms with Gasteiger partial charge >= 0.3 is 5.69 Å². The van der Waals surface area contributed by atoms with Crippen LogP contribution in [-0.2, 0) is 7.05 Å². The molecule has 100 valence electrons. The maximum absolute atomic E-state index is 11.3. The summed E-state index contributed by atoms with van der Waals surface area (Å²) in [5.41, 5.74) is 6.66. The third-order valence-electron chi connectivity index (χ3n) is 2.52. The third kappa shape index (κ3) is 2.45. The summed E-state index contributed by atoms with van der Waals surface area (Å²) in [6.07, 6.45) is 1.61. The van der Waals surface area contributed by atoms with Gasteiger partial charge in [0.05, 0.1) is 5.56 Å². The summed E-state index contributed by atoms with van der Waals surface area (Å²) in [5, 5.41) is 19.0. The zero-order valence-corrected chi connectivity index (χ0v) is 11.1. The lowest BCUT2D eigenvalue weighted by Crippen LogP contribution is -2.17. The molecule has 0 saturated heterocycles. The number of nitrogens with two attached hydrogens (primary N) is 1. The molecule has 4 N–H and O–H groups in total. The van der Waals surface area contributed by atoms with E-state index in [2.05, 4.69) is 20.3 Å². The number of oxime groups is 1. The van der Waals surface area contributed by atoms with E-state index in [9.17, 15) is 4.79 Å². The summed E-state index contributed by atoms with van der Waals surface area (Å²) in [6, 6.07) is 1.75. The number of aromatic amines is 1. The molecule has 0 aliphatic heterocycles. The molecule has 8 nitrogen and oxygen atoms in total. The van der Waals surface area contributed by atoms with E-state index in [4.69, 9.17) is 10.9 Å². The molecule has 0 aliphatic carbocycles. The molecule has 0 saturated carbocycles. The molecule has 0 amide bonds. The van der Waals surface area contributed by atoms with Gasteiger partial charge in [-0.2, -0.15) is 0 Å². The van der Waals surface area contributed by atoms with Crippen molar-refractivity contribution in [2.24, 2.45) is 17.9 Å². The topological polar surface area (TPSA) is 122 Å². The first-order chi connectivity index (χ1) is 9.04. The van der Waals surface area contributed by atoms with Crippen molar-refractivity contribution in [3.05, 3.63) is 33.9 Å². The lowest BCUT2D eigenvalue weighted by atomic mass is 10.1. The Hall–Kier alpha value is -2.29. The van der Waals surface area contributed by atoms with Gasteiger partial charge in [0, 0.05) is 13.2 Å². The number of nitrogens with one attached hydrogen (secondary N) is 1. The predicted octanol–water partition coefficient (Wildman–Crippen LogP) is 0.0575. The number of hydrogen-bond acceptors (Lipinski definition) is 6. The highest BCUT2D eigenvalue weighted by molar-refractivity contribution is 7.99. The Morgan fingerprint density at radius 2 is 2.37 bits per heavy atom. The summed E-state index contributed by atoms with van der Waals surface area (Å²) in [6.45, 7) is 1.82. The summed E-state index contributed by atoms with van der Waals surface area (Å²) in [5.74, 6) is -0.0337. The molecule has 2 aromatic rings. The van der Waals surface area contributed by atoms with Gasteiger partial charge in [0.15, 0.2) is 11.0 Å². The van der Waals surface area contributed by atoms with Crippen molar-refractivity contribution in [2.75, 3.05) is 0 Å². The zero-order chi connectivity index (χ0) is 14.0. The number of aryl methyl sites for hydroxylation is 1. The van der Waals surface area contributed by atoms with Crippen LogP contribution in [0.4, 0.5) is 0 Å². The first-order valence-electron chi connectivity index (χ1n) is 5.27. The molecule has 0 radical (unpaired) electrons. The Labute approximate surface area is 112 Å². The van der Waals surface area contributed by atoms with E-state index in [1.54, 1.807) is 19.3 Å². The van der Waals surface area contributed by atoms with E-state index in [-0.39, 0.29) is 11.5 Å². The van der Waals surface area contributed by atoms with Crippen LogP contribution in [0.1, 0.15) is 11.1 Å². The number of pyridine rings is 1. The average molecular weight is 280 g/mol. The van der Waals surface area contributed by atoms with Crippen molar-refractivity contribution in [1.29, 1.82) is 0 Å². The van der Waals surface area contributed by atoms with Crippen LogP contribution in [0.15, 0.2) is 32.4 Å². The molecule has 0 fully saturated rings. The highest BCUT2D eigenvalue weighted by Gasteiger charge is 2.15. The Balaban J connectivity index is 2.49. The van der Waals surface area contributed by atoms with Crippen LogP contribution >= 0.6 is 11.8 Å². The number of rotatable bonds is 3. The molecule has 2 rings (SSSR count). The molecule has 0 aromatic carbocycles. The molecule has 2 heterocycles. The molecular formula is C10H12N6O2S. The minimum Gasteiger partial charge on any atom is -0.409 e. The quantitative estimate of drug-likeness (QED) is 0.316. The minimum absolute atomic E-state index is 0.0337. The molecule has 2 aromatic heterocycles. The third-order valence-corrected chi connectivity index (χ3v) is 3.57. The second-order valence-corrected chi connectivity index (χ2v) is 4.72. The van der Waals surface area contributed by atoms with Crippen molar-refractivity contribution in [3.63, 3.8) is 0 Å². The molecule has 0 aliphatic rings. The fourth-order valence-electron chi connectivity index (χ4n) is 1.48. The van der Waals surface area contributed by atoms with E-state index < -0.39 is 0 Å². The van der Waals surface area contributed by atoms with Gasteiger partial charge in [-0.15, -0.1) is 5.10 Å². The first-order valence-corrected chi connectivity index (χ1v) is 6.09. The maximum atomic E-state index is 11.3. The standard InChI is InChI=1S/C10H12N6O2S/c1-5-3-4-12-8(6(5)7(11)15-18)19-10-14-13-9(17)16(10)2/h3-4,18H,1-2H3,(H2,11,15)(H,13,17). The van der Waals surface area contributed by atoms with Gasteiger partial charge in [-0.1, -0.05) is 5.16 Å². The molecule has 0 atom stereocenters. The Morgan fingerprint density at radius 1 is 1.63 bits per heavy atom. The van der Waals surface area contributed by atoms with Gasteiger partial charge in [-0.3, -0.25) is 4.57 Å². The SMILES string of the molecule is Cc1ccnc(Sc2n[nH]c(=O)n2C)c1/C(N)=N/O. The molecule has 0 unspecified atom stereocenters. The van der Waals surface area contributed by atoms with Crippen LogP contribution in [-0.4, -0.2) is 30.8 Å². The number of hydrogen-bond donors (Lipinski definition) is 3. The van der Waals surface area contributed by atoms with E-state index >= 15 is 0 Å². The fourth-order valence-corrected chi connectivity index (χ4v) is 2.45. The fraction of sp³-hybridized carbons (Fsp3) is 0.200. The van der Waals surface area contributed by atoms with E-state index in [1.165, 1.54) is 4.57 Å². The second-order valence-electron chi connectivity index (χ2n) is 3.77. The summed E-state index contributed by atoms with van der Waals surface area (Å²) in [4.78, 5) is 15.5. The van der Waals surface area contributed by atoms with Crippen molar-refractivity contribution >= 4 is 17.6 Å². The summed E-state index contributed by atoms with van der Waals surface area (Å²) >= 11 is 1.16. The van der Waals surface area contributed by atoms with Crippen LogP contribution in [0.2, 0.25) is 0 Å². The number of aromatic nitrogens is 4. The van der Waals surface area contributed by atoms with Gasteiger partial charge < -0.3 is 10.9 Å². The van der Waals surface area contributed by atoms with Crippen molar-refractivity contribution in [1.82, 2.24) is 19.7 Å². The van der Waals surface area contributed by atoms with Crippen LogP contribution in [0.3, 0.4) is 0 Å². The molecule has 19 heavy (non-hydrogen) atoms. The molecule has 0 bridgehead atoms. The van der Waals surface area contributed by atoms with E-state index in [1.807, 2.05) is 6.92 Å². The van der Waals surface area contributed by atoms with Gasteiger partial charge in [0.2, 0.25) is 0 Å². The second kappa shape index (κ2) is 5.14. The largest absolute Gasteiger partial charge is 0.409 e. The predicted molar refractivity (Wildman–Crippen MR) is 69.4 cm³/mol. The highest BCUT2D eigenvalue weighted by atomic mass is 32.2. The average Bonchev–Trinajstić information content (AvgIpc) is 2.70. The van der Waals surface area contributed by atoms with Gasteiger partial charge in [-0.05, 0) is 30.3 Å². The lowest BCUT2D eigenvalue weighted by molar-refractivity contribution is 0.318. The Kier molecular flexibility index (Phi) is 3.56. The van der Waals surface area contributed by atoms with E-state index in [0.29, 0.717) is 15.7 Å². The van der Waals surface area contributed by atoms with Crippen molar-refractivity contribution in [3.8, 4) is 0 Å². The van der Waals surface area contributed by atoms with Crippen molar-refractivity contribution in [2.45, 2.75) is 17.1 Å². The highest BCUT2D eigenvalue weighted by Crippen LogP contribution is 2.27. The van der Waals surface area contributed by atoms with Gasteiger partial charge in [-0.25, -0.2) is 14.9 Å². The maximum Gasteiger partial charge on any atom is 0.343 e. The molecular weight excluding hydrogens is 268 g/mol. The first kappa shape index (κ1) is 13.1. The number of amidine groups is 1. The van der Waals surface area contributed by atoms with Crippen LogP contribution < -0.4 is 11.4 Å². The van der Waals surface area contributed by atoms with Crippen molar-refractivity contribution < 1.29 is 5.21 Å². The Bertz CT molecular complexity index is 690. The van der Waals surface area contributed by atoms with E-state index in [0.717, 1.165) is 17.3 Å². The molecule has 0 spiro atoms. The monoisotopic (exact) mass is 280 g/mol. The number of nitrogens with zero attached hydrogens (tertiary/aromatic N) is 4. The normalized spacial score (nSPS) is 11.8. The van der Waals surface area contributed by atoms with Gasteiger partial charge in [0.25, 0.3) is 0 Å². The minimum atomic E-state index is -0.319. The molecule has 9 heteroatoms. The van der Waals surface area contributed by atoms with Crippen LogP contribution in [0, 0.1) is 6.92 Å². The zero-order valence-electron chi connectivity index (χ0n) is 10.3.